The molecular weight excluding hydrogens is 649 g/mol. The number of rotatable bonds is 6. The van der Waals surface area contributed by atoms with Crippen LogP contribution in [0.4, 0.5) is 5.82 Å². The van der Waals surface area contributed by atoms with Crippen molar-refractivity contribution in [2.24, 2.45) is 21.7 Å². The number of nitrogens with one attached hydrogen (secondary N) is 3. The first-order chi connectivity index (χ1) is 23.0. The molecule has 2 amide bonds. The molecule has 0 unspecified atom stereocenters. The number of anilines is 1. The Morgan fingerprint density at radius 3 is 1.82 bits per heavy atom. The first-order valence-electron chi connectivity index (χ1n) is 16.7. The highest BCUT2D eigenvalue weighted by Crippen LogP contribution is 2.45. The Balaban J connectivity index is 1.60. The average molecular weight is 693 g/mol. The Labute approximate surface area is 295 Å². The van der Waals surface area contributed by atoms with Gasteiger partial charge in [-0.15, -0.1) is 22.7 Å². The third kappa shape index (κ3) is 6.76. The first kappa shape index (κ1) is 34.5. The number of H-pyrrole nitrogens is 1. The molecule has 0 aliphatic carbocycles. The van der Waals surface area contributed by atoms with Crippen LogP contribution < -0.4 is 10.6 Å². The normalized spacial score (nSPS) is 14.9. The van der Waals surface area contributed by atoms with Crippen molar-refractivity contribution in [2.45, 2.75) is 75.2 Å². The van der Waals surface area contributed by atoms with E-state index < -0.39 is 10.8 Å². The molecule has 3 aromatic heterocycles. The second-order valence-corrected chi connectivity index (χ2v) is 17.2. The van der Waals surface area contributed by atoms with E-state index in [-0.39, 0.29) is 23.7 Å². The van der Waals surface area contributed by atoms with E-state index in [1.165, 1.54) is 0 Å². The Morgan fingerprint density at radius 1 is 0.755 bits per heavy atom. The fourth-order valence-electron chi connectivity index (χ4n) is 5.75. The lowest BCUT2D eigenvalue weighted by atomic mass is 9.93. The summed E-state index contributed by atoms with van der Waals surface area (Å²) in [6.07, 6.45) is 2.05. The van der Waals surface area contributed by atoms with Gasteiger partial charge in [0, 0.05) is 16.5 Å². The molecule has 5 aromatic rings. The summed E-state index contributed by atoms with van der Waals surface area (Å²) in [6, 6.07) is 16.1. The van der Waals surface area contributed by atoms with Crippen LogP contribution >= 0.6 is 22.7 Å². The van der Waals surface area contributed by atoms with E-state index in [4.69, 9.17) is 15.0 Å². The Bertz CT molecular complexity index is 2130. The number of aromatic nitrogens is 3. The Morgan fingerprint density at radius 2 is 1.29 bits per heavy atom. The molecule has 2 aromatic carbocycles. The number of allylic oxidation sites excluding steroid dienone is 1. The minimum Gasteiger partial charge on any atom is -0.341 e. The molecule has 6 rings (SSSR count). The Kier molecular flexibility index (Phi) is 9.00. The van der Waals surface area contributed by atoms with Crippen molar-refractivity contribution in [3.8, 4) is 10.6 Å². The third-order valence-electron chi connectivity index (χ3n) is 8.37. The van der Waals surface area contributed by atoms with E-state index in [0.29, 0.717) is 11.7 Å². The number of amides is 2. The molecule has 1 aliphatic rings. The number of fused-ring (bicyclic) bond motifs is 2. The maximum atomic E-state index is 13.4. The molecule has 0 saturated carbocycles. The predicted molar refractivity (Wildman–Crippen MR) is 206 cm³/mol. The summed E-state index contributed by atoms with van der Waals surface area (Å²) >= 11 is 3.20. The zero-order valence-corrected chi connectivity index (χ0v) is 31.5. The molecular formula is C39H44N6O2S2. The van der Waals surface area contributed by atoms with Crippen LogP contribution in [-0.4, -0.2) is 32.6 Å². The van der Waals surface area contributed by atoms with Crippen molar-refractivity contribution in [1.82, 2.24) is 20.3 Å². The summed E-state index contributed by atoms with van der Waals surface area (Å²) < 4.78 is 2.14. The van der Waals surface area contributed by atoms with Gasteiger partial charge in [0.15, 0.2) is 0 Å². The van der Waals surface area contributed by atoms with E-state index in [1.807, 2.05) is 77.9 Å². The van der Waals surface area contributed by atoms with Crippen molar-refractivity contribution < 1.29 is 9.59 Å². The van der Waals surface area contributed by atoms with Gasteiger partial charge in [-0.2, -0.15) is 0 Å². The number of hydrogen-bond donors (Lipinski definition) is 3. The lowest BCUT2D eigenvalue weighted by molar-refractivity contribution is -0.127. The van der Waals surface area contributed by atoms with Crippen molar-refractivity contribution in [3.05, 3.63) is 76.1 Å². The SMILES string of the molecule is CC(C)C1=C(c2nc3ccccc3s2)C(NC(=O)C(C)(C)C)=NC1=Cc1[nH]c(NC(=O)C(C)(C)C)c(-c2nc3ccccc3s2)c1C(C)C. The van der Waals surface area contributed by atoms with Crippen LogP contribution in [0.1, 0.15) is 91.4 Å². The largest absolute Gasteiger partial charge is 0.341 e. The molecule has 0 bridgehead atoms. The van der Waals surface area contributed by atoms with Gasteiger partial charge in [0.1, 0.15) is 21.7 Å². The van der Waals surface area contributed by atoms with Crippen LogP contribution in [0.5, 0.6) is 0 Å². The number of carbonyl (C=O) groups is 2. The van der Waals surface area contributed by atoms with Crippen molar-refractivity contribution >= 4 is 78.2 Å². The minimum atomic E-state index is -0.623. The van der Waals surface area contributed by atoms with Crippen LogP contribution in [0.15, 0.2) is 64.8 Å². The first-order valence-corrected chi connectivity index (χ1v) is 18.3. The molecule has 49 heavy (non-hydrogen) atoms. The molecule has 1 aliphatic heterocycles. The lowest BCUT2D eigenvalue weighted by Gasteiger charge is -2.18. The highest BCUT2D eigenvalue weighted by molar-refractivity contribution is 7.21. The second-order valence-electron chi connectivity index (χ2n) is 15.2. The van der Waals surface area contributed by atoms with E-state index in [9.17, 15) is 9.59 Å². The number of aliphatic imine (C=N–C) groups is 1. The standard InChI is InChI=1S/C39H44N6O2S2/c1-20(2)28-24(40-32(44-36(46)38(5,6)7)30(28)34-42-22-15-11-13-17-26(22)48-34)19-25-29(21(3)4)31(33(41-25)45-37(47)39(8,9)10)35-43-23-16-12-14-18-27(23)49-35/h11-21,40H,1-10H3,(H,44,46)(H,41,45,47). The zero-order valence-electron chi connectivity index (χ0n) is 29.8. The molecule has 8 nitrogen and oxygen atoms in total. The monoisotopic (exact) mass is 692 g/mol. The smallest absolute Gasteiger partial charge is 0.230 e. The van der Waals surface area contributed by atoms with Gasteiger partial charge >= 0.3 is 0 Å². The quantitative estimate of drug-likeness (QED) is 0.164. The predicted octanol–water partition coefficient (Wildman–Crippen LogP) is 10.0. The number of hydrogen-bond acceptors (Lipinski definition) is 7. The summed E-state index contributed by atoms with van der Waals surface area (Å²) in [4.78, 5) is 45.6. The summed E-state index contributed by atoms with van der Waals surface area (Å²) in [5.74, 6) is 1.02. The zero-order chi connectivity index (χ0) is 35.4. The molecule has 10 heteroatoms. The molecule has 0 atom stereocenters. The highest BCUT2D eigenvalue weighted by Gasteiger charge is 2.34. The number of aromatic amines is 1. The molecule has 0 saturated heterocycles. The van der Waals surface area contributed by atoms with Crippen LogP contribution in [-0.2, 0) is 9.59 Å². The van der Waals surface area contributed by atoms with Crippen LogP contribution in [0, 0.1) is 16.7 Å². The molecule has 0 radical (unpaired) electrons. The topological polar surface area (TPSA) is 112 Å². The van der Waals surface area contributed by atoms with Gasteiger partial charge in [-0.3, -0.25) is 9.59 Å². The third-order valence-corrected chi connectivity index (χ3v) is 10.5. The molecule has 254 valence electrons. The molecule has 4 heterocycles. The Hall–Kier alpha value is -4.41. The fraction of sp³-hybridized carbons (Fsp3) is 0.359. The number of nitrogens with zero attached hydrogens (tertiary/aromatic N) is 3. The average Bonchev–Trinajstić information content (AvgIpc) is 3.78. The van der Waals surface area contributed by atoms with E-state index in [0.717, 1.165) is 64.1 Å². The summed E-state index contributed by atoms with van der Waals surface area (Å²) in [5, 5.41) is 7.99. The van der Waals surface area contributed by atoms with Crippen LogP contribution in [0.25, 0.3) is 42.7 Å². The van der Waals surface area contributed by atoms with Gasteiger partial charge in [0.05, 0.1) is 37.3 Å². The van der Waals surface area contributed by atoms with Gasteiger partial charge in [-0.1, -0.05) is 93.5 Å². The van der Waals surface area contributed by atoms with E-state index >= 15 is 0 Å². The van der Waals surface area contributed by atoms with Crippen molar-refractivity contribution in [2.75, 3.05) is 5.32 Å². The fourth-order valence-corrected chi connectivity index (χ4v) is 7.81. The van der Waals surface area contributed by atoms with Crippen molar-refractivity contribution in [3.63, 3.8) is 0 Å². The van der Waals surface area contributed by atoms with Gasteiger partial charge in [-0.05, 0) is 53.3 Å². The maximum Gasteiger partial charge on any atom is 0.230 e. The molecule has 0 fully saturated rings. The minimum absolute atomic E-state index is 0.0577. The number of benzene rings is 2. The summed E-state index contributed by atoms with van der Waals surface area (Å²) in [5.41, 5.74) is 5.90. The maximum absolute atomic E-state index is 13.4. The molecule has 0 spiro atoms. The number of para-hydroxylation sites is 2. The lowest BCUT2D eigenvalue weighted by Crippen LogP contribution is -2.39. The molecule has 3 N–H and O–H groups in total. The van der Waals surface area contributed by atoms with Gasteiger partial charge < -0.3 is 15.6 Å². The summed E-state index contributed by atoms with van der Waals surface area (Å²) in [7, 11) is 0. The van der Waals surface area contributed by atoms with Crippen LogP contribution in [0.2, 0.25) is 0 Å². The second kappa shape index (κ2) is 12.8. The van der Waals surface area contributed by atoms with E-state index in [2.05, 4.69) is 61.5 Å². The van der Waals surface area contributed by atoms with Gasteiger partial charge in [-0.25, -0.2) is 15.0 Å². The summed E-state index contributed by atoms with van der Waals surface area (Å²) in [6.45, 7) is 20.0. The van der Waals surface area contributed by atoms with Crippen molar-refractivity contribution in [1.29, 1.82) is 0 Å². The van der Waals surface area contributed by atoms with Gasteiger partial charge in [0.2, 0.25) is 11.8 Å². The van der Waals surface area contributed by atoms with Crippen LogP contribution in [0.3, 0.4) is 0 Å². The number of amidine groups is 1. The number of carbonyl (C=O) groups excluding carboxylic acids is 2. The highest BCUT2D eigenvalue weighted by atomic mass is 32.1. The van der Waals surface area contributed by atoms with Gasteiger partial charge in [0.25, 0.3) is 0 Å². The number of thiazole rings is 2. The van der Waals surface area contributed by atoms with E-state index in [1.54, 1.807) is 22.7 Å².